The molecule has 0 aliphatic rings. The summed E-state index contributed by atoms with van der Waals surface area (Å²) in [4.78, 5) is 13.5. The molecule has 7 heteroatoms. The first-order valence-corrected chi connectivity index (χ1v) is 4.27. The first-order chi connectivity index (χ1) is 6.97. The van der Waals surface area contributed by atoms with Crippen LogP contribution in [-0.4, -0.2) is 16.1 Å². The van der Waals surface area contributed by atoms with E-state index in [0.29, 0.717) is 0 Å². The van der Waals surface area contributed by atoms with Gasteiger partial charge in [-0.05, 0) is 6.07 Å². The van der Waals surface area contributed by atoms with E-state index >= 15 is 0 Å². The molecule has 0 saturated carbocycles. The monoisotopic (exact) mass is 239 g/mol. The molecule has 0 aliphatic carbocycles. The van der Waals surface area contributed by atoms with Crippen molar-refractivity contribution in [1.29, 1.82) is 0 Å². The lowest BCUT2D eigenvalue weighted by atomic mass is 10.2. The Labute approximate surface area is 87.5 Å². The second kappa shape index (κ2) is 4.48. The lowest BCUT2D eigenvalue weighted by molar-refractivity contribution is 0.0688. The number of carbonyl (C=O) groups is 1. The predicted molar refractivity (Wildman–Crippen MR) is 45.7 cm³/mol. The van der Waals surface area contributed by atoms with Gasteiger partial charge in [-0.15, -0.1) is 11.6 Å². The summed E-state index contributed by atoms with van der Waals surface area (Å²) < 4.78 is 37.6. The number of alkyl halides is 3. The Balaban J connectivity index is 3.38. The topological polar surface area (TPSA) is 50.2 Å². The molecule has 82 valence electrons. The first kappa shape index (κ1) is 11.8. The molecule has 1 rings (SSSR count). The van der Waals surface area contributed by atoms with Gasteiger partial charge < -0.3 is 5.11 Å². The van der Waals surface area contributed by atoms with Crippen molar-refractivity contribution in [3.8, 4) is 0 Å². The zero-order valence-electron chi connectivity index (χ0n) is 7.18. The quantitative estimate of drug-likeness (QED) is 0.825. The fourth-order valence-electron chi connectivity index (χ4n) is 0.955. The second-order valence-electron chi connectivity index (χ2n) is 2.61. The van der Waals surface area contributed by atoms with Crippen LogP contribution in [0.4, 0.5) is 13.2 Å². The maximum absolute atomic E-state index is 13.1. The van der Waals surface area contributed by atoms with E-state index in [0.717, 1.165) is 6.07 Å². The molecule has 0 radical (unpaired) electrons. The van der Waals surface area contributed by atoms with E-state index < -0.39 is 35.5 Å². The minimum atomic E-state index is -3.17. The standard InChI is InChI=1S/C8H5ClF3NO2/c9-2-3-1-4(8(14)15)13-6(5(3)10)7(11)12/h1,7H,2H2,(H,14,15). The number of rotatable bonds is 3. The van der Waals surface area contributed by atoms with Crippen molar-refractivity contribution in [2.75, 3.05) is 0 Å². The van der Waals surface area contributed by atoms with Crippen molar-refractivity contribution in [3.63, 3.8) is 0 Å². The molecule has 1 aromatic heterocycles. The highest BCUT2D eigenvalue weighted by atomic mass is 35.5. The Morgan fingerprint density at radius 1 is 1.60 bits per heavy atom. The fourth-order valence-corrected chi connectivity index (χ4v) is 1.15. The van der Waals surface area contributed by atoms with Gasteiger partial charge in [0.25, 0.3) is 6.43 Å². The summed E-state index contributed by atoms with van der Waals surface area (Å²) in [6, 6.07) is 0.830. The number of aromatic nitrogens is 1. The third kappa shape index (κ3) is 2.38. The fraction of sp³-hybridized carbons (Fsp3) is 0.250. The molecule has 0 amide bonds. The number of pyridine rings is 1. The Morgan fingerprint density at radius 3 is 2.60 bits per heavy atom. The molecule has 1 heterocycles. The number of aromatic carboxylic acids is 1. The third-order valence-electron chi connectivity index (χ3n) is 1.63. The predicted octanol–water partition coefficient (Wildman–Crippen LogP) is 2.60. The van der Waals surface area contributed by atoms with Crippen LogP contribution in [0.15, 0.2) is 6.07 Å². The van der Waals surface area contributed by atoms with Crippen LogP contribution in [0.5, 0.6) is 0 Å². The van der Waals surface area contributed by atoms with E-state index in [-0.39, 0.29) is 5.56 Å². The molecule has 15 heavy (non-hydrogen) atoms. The summed E-state index contributed by atoms with van der Waals surface area (Å²) in [5.41, 5.74) is -2.15. The van der Waals surface area contributed by atoms with Gasteiger partial charge in [0.2, 0.25) is 0 Å². The lowest BCUT2D eigenvalue weighted by Gasteiger charge is -2.06. The van der Waals surface area contributed by atoms with E-state index in [2.05, 4.69) is 4.98 Å². The Morgan fingerprint density at radius 2 is 2.20 bits per heavy atom. The Bertz CT molecular complexity index is 398. The van der Waals surface area contributed by atoms with E-state index in [1.165, 1.54) is 0 Å². The van der Waals surface area contributed by atoms with Crippen LogP contribution >= 0.6 is 11.6 Å². The summed E-state index contributed by atoms with van der Waals surface area (Å²) in [5, 5.41) is 8.53. The van der Waals surface area contributed by atoms with E-state index in [4.69, 9.17) is 16.7 Å². The molecule has 3 nitrogen and oxygen atoms in total. The van der Waals surface area contributed by atoms with E-state index in [1.54, 1.807) is 0 Å². The van der Waals surface area contributed by atoms with Crippen molar-refractivity contribution < 1.29 is 23.1 Å². The average molecular weight is 240 g/mol. The average Bonchev–Trinajstić information content (AvgIpc) is 2.17. The zero-order valence-corrected chi connectivity index (χ0v) is 7.93. The highest BCUT2D eigenvalue weighted by Gasteiger charge is 2.21. The molecule has 0 saturated heterocycles. The van der Waals surface area contributed by atoms with Gasteiger partial charge in [0.15, 0.2) is 5.82 Å². The van der Waals surface area contributed by atoms with Crippen LogP contribution in [0.3, 0.4) is 0 Å². The molecule has 0 spiro atoms. The number of nitrogens with zero attached hydrogens (tertiary/aromatic N) is 1. The molecule has 0 bridgehead atoms. The van der Waals surface area contributed by atoms with E-state index in [1.807, 2.05) is 0 Å². The highest BCUT2D eigenvalue weighted by Crippen LogP contribution is 2.24. The number of carboxylic acids is 1. The molecule has 0 aliphatic heterocycles. The molecule has 0 unspecified atom stereocenters. The lowest BCUT2D eigenvalue weighted by Crippen LogP contribution is -2.08. The number of hydrogen-bond acceptors (Lipinski definition) is 2. The summed E-state index contributed by atoms with van der Waals surface area (Å²) in [6.07, 6.45) is -3.17. The molecule has 0 aromatic carbocycles. The minimum absolute atomic E-state index is 0.306. The van der Waals surface area contributed by atoms with Gasteiger partial charge in [-0.3, -0.25) is 0 Å². The van der Waals surface area contributed by atoms with Crippen molar-refractivity contribution in [1.82, 2.24) is 4.98 Å². The normalized spacial score (nSPS) is 10.7. The number of hydrogen-bond donors (Lipinski definition) is 1. The van der Waals surface area contributed by atoms with E-state index in [9.17, 15) is 18.0 Å². The van der Waals surface area contributed by atoms with Crippen molar-refractivity contribution >= 4 is 17.6 Å². The van der Waals surface area contributed by atoms with Crippen LogP contribution in [0, 0.1) is 5.82 Å². The Kier molecular flexibility index (Phi) is 3.52. The van der Waals surface area contributed by atoms with Crippen LogP contribution in [0.2, 0.25) is 0 Å². The molecule has 1 aromatic rings. The van der Waals surface area contributed by atoms with Gasteiger partial charge >= 0.3 is 5.97 Å². The van der Waals surface area contributed by atoms with Crippen molar-refractivity contribution in [2.24, 2.45) is 0 Å². The maximum atomic E-state index is 13.1. The minimum Gasteiger partial charge on any atom is -0.477 e. The van der Waals surface area contributed by atoms with Gasteiger partial charge in [-0.25, -0.2) is 22.9 Å². The molecular formula is C8H5ClF3NO2. The van der Waals surface area contributed by atoms with Gasteiger partial charge in [0, 0.05) is 5.56 Å². The second-order valence-corrected chi connectivity index (χ2v) is 2.87. The van der Waals surface area contributed by atoms with Crippen molar-refractivity contribution in [3.05, 3.63) is 28.8 Å². The molecule has 1 N–H and O–H groups in total. The summed E-state index contributed by atoms with van der Waals surface area (Å²) in [5.74, 6) is -3.16. The van der Waals surface area contributed by atoms with Gasteiger partial charge in [0.05, 0.1) is 5.88 Å². The van der Waals surface area contributed by atoms with Crippen molar-refractivity contribution in [2.45, 2.75) is 12.3 Å². The molecule has 0 fully saturated rings. The zero-order chi connectivity index (χ0) is 11.6. The summed E-state index contributed by atoms with van der Waals surface area (Å²) >= 11 is 5.28. The van der Waals surface area contributed by atoms with Gasteiger partial charge in [-0.1, -0.05) is 0 Å². The van der Waals surface area contributed by atoms with Crippen LogP contribution < -0.4 is 0 Å². The SMILES string of the molecule is O=C(O)c1cc(CCl)c(F)c(C(F)F)n1. The van der Waals surface area contributed by atoms with Gasteiger partial charge in [0.1, 0.15) is 11.4 Å². The molecule has 0 atom stereocenters. The number of halogens is 4. The van der Waals surface area contributed by atoms with Crippen LogP contribution in [0.25, 0.3) is 0 Å². The van der Waals surface area contributed by atoms with Gasteiger partial charge in [-0.2, -0.15) is 0 Å². The van der Waals surface area contributed by atoms with Crippen LogP contribution in [0.1, 0.15) is 28.2 Å². The third-order valence-corrected chi connectivity index (χ3v) is 1.92. The Hall–Kier alpha value is -1.30. The number of carboxylic acid groups (broad SMARTS) is 1. The van der Waals surface area contributed by atoms with Crippen LogP contribution in [-0.2, 0) is 5.88 Å². The first-order valence-electron chi connectivity index (χ1n) is 3.74. The largest absolute Gasteiger partial charge is 0.477 e. The highest BCUT2D eigenvalue weighted by molar-refractivity contribution is 6.17. The summed E-state index contributed by atoms with van der Waals surface area (Å²) in [7, 11) is 0. The smallest absolute Gasteiger partial charge is 0.354 e. The molecular weight excluding hydrogens is 235 g/mol. The maximum Gasteiger partial charge on any atom is 0.354 e. The summed E-state index contributed by atoms with van der Waals surface area (Å²) in [6.45, 7) is 0.